The van der Waals surface area contributed by atoms with Gasteiger partial charge in [0.1, 0.15) is 18.0 Å². The second kappa shape index (κ2) is 12.3. The van der Waals surface area contributed by atoms with Crippen LogP contribution in [0.2, 0.25) is 0 Å². The van der Waals surface area contributed by atoms with Crippen LogP contribution in [0.4, 0.5) is 4.79 Å². The number of benzene rings is 2. The van der Waals surface area contributed by atoms with Gasteiger partial charge in [-0.1, -0.05) is 36.4 Å². The molecule has 0 saturated carbocycles. The number of likely N-dealkylation sites (tertiary alicyclic amines) is 3. The first kappa shape index (κ1) is 29.9. The molecule has 3 heterocycles. The fourth-order valence-electron chi connectivity index (χ4n) is 6.73. The van der Waals surface area contributed by atoms with Crippen LogP contribution in [-0.2, 0) is 9.53 Å². The van der Waals surface area contributed by atoms with Crippen molar-refractivity contribution in [3.63, 3.8) is 0 Å². The lowest BCUT2D eigenvalue weighted by Crippen LogP contribution is -2.61. The van der Waals surface area contributed by atoms with Gasteiger partial charge in [0.15, 0.2) is 0 Å². The molecule has 0 spiro atoms. The molecule has 5 rings (SSSR count). The zero-order chi connectivity index (χ0) is 29.9. The number of amides is 3. The summed E-state index contributed by atoms with van der Waals surface area (Å²) in [7, 11) is 0. The van der Waals surface area contributed by atoms with Gasteiger partial charge >= 0.3 is 6.09 Å². The molecule has 0 bridgehead atoms. The van der Waals surface area contributed by atoms with Crippen molar-refractivity contribution in [1.29, 1.82) is 0 Å². The van der Waals surface area contributed by atoms with Gasteiger partial charge in [-0.25, -0.2) is 4.79 Å². The number of nitrogens with zero attached hydrogens (tertiary/aromatic N) is 3. The third-order valence-electron chi connectivity index (χ3n) is 8.56. The van der Waals surface area contributed by atoms with Gasteiger partial charge in [-0.05, 0) is 76.9 Å². The second-order valence-corrected chi connectivity index (χ2v) is 12.8. The number of fused-ring (bicyclic) bond motifs is 1. The molecule has 2 aromatic rings. The van der Waals surface area contributed by atoms with Crippen molar-refractivity contribution in [3.8, 4) is 5.75 Å². The molecule has 9 nitrogen and oxygen atoms in total. The lowest BCUT2D eigenvalue weighted by molar-refractivity contribution is -0.121. The first-order chi connectivity index (χ1) is 20.0. The largest absolute Gasteiger partial charge is 0.492 e. The molecule has 42 heavy (non-hydrogen) atoms. The van der Waals surface area contributed by atoms with Gasteiger partial charge in [-0.3, -0.25) is 19.4 Å². The van der Waals surface area contributed by atoms with Crippen LogP contribution in [0.1, 0.15) is 68.9 Å². The van der Waals surface area contributed by atoms with Crippen LogP contribution in [0.3, 0.4) is 0 Å². The smallest absolute Gasteiger partial charge is 0.410 e. The molecule has 3 aliphatic heterocycles. The normalized spacial score (nSPS) is 24.3. The zero-order valence-electron chi connectivity index (χ0n) is 25.3. The number of carbonyl (C=O) groups is 3. The molecule has 3 aliphatic rings. The van der Waals surface area contributed by atoms with E-state index in [-0.39, 0.29) is 23.8 Å². The van der Waals surface area contributed by atoms with Crippen molar-refractivity contribution in [3.05, 3.63) is 65.7 Å². The van der Waals surface area contributed by atoms with Crippen molar-refractivity contribution in [2.45, 2.75) is 64.1 Å². The number of piperidine rings is 1. The average molecular weight is 577 g/mol. The summed E-state index contributed by atoms with van der Waals surface area (Å²) in [5.41, 5.74) is 0.166. The van der Waals surface area contributed by atoms with Gasteiger partial charge in [0.25, 0.3) is 5.91 Å². The fraction of sp³-hybridized carbons (Fsp3) is 0.545. The van der Waals surface area contributed by atoms with Crippen molar-refractivity contribution in [2.24, 2.45) is 5.92 Å². The summed E-state index contributed by atoms with van der Waals surface area (Å²) < 4.78 is 11.8. The molecule has 3 atom stereocenters. The summed E-state index contributed by atoms with van der Waals surface area (Å²) in [6, 6.07) is 16.8. The van der Waals surface area contributed by atoms with Gasteiger partial charge in [-0.2, -0.15) is 0 Å². The van der Waals surface area contributed by atoms with Crippen molar-refractivity contribution in [2.75, 3.05) is 45.9 Å². The molecule has 226 valence electrons. The van der Waals surface area contributed by atoms with Crippen LogP contribution < -0.4 is 10.1 Å². The van der Waals surface area contributed by atoms with Crippen molar-refractivity contribution in [1.82, 2.24) is 20.0 Å². The Kier molecular flexibility index (Phi) is 8.78. The summed E-state index contributed by atoms with van der Waals surface area (Å²) >= 11 is 0. The van der Waals surface area contributed by atoms with Crippen LogP contribution in [0, 0.1) is 5.92 Å². The van der Waals surface area contributed by atoms with E-state index in [0.717, 1.165) is 25.2 Å². The number of nitrogens with one attached hydrogen (secondary N) is 1. The highest BCUT2D eigenvalue weighted by Gasteiger charge is 2.58. The van der Waals surface area contributed by atoms with E-state index in [1.165, 1.54) is 19.8 Å². The molecular weight excluding hydrogens is 532 g/mol. The van der Waals surface area contributed by atoms with E-state index in [4.69, 9.17) is 9.47 Å². The SMILES string of the molecule is CC(=O)N[C@@]12CCN(C(=O)c3cccc(OCCN4CCCC4)c3)C[C@@H]1[C@@H](c1ccccc1)N(C(=O)OC(C)(C)C)C2. The number of hydrogen-bond donors (Lipinski definition) is 1. The minimum absolute atomic E-state index is 0.0843. The Morgan fingerprint density at radius 2 is 1.74 bits per heavy atom. The maximum Gasteiger partial charge on any atom is 0.410 e. The summed E-state index contributed by atoms with van der Waals surface area (Å²) in [5, 5.41) is 3.21. The predicted octanol–water partition coefficient (Wildman–Crippen LogP) is 4.49. The number of carbonyl (C=O) groups excluding carboxylic acids is 3. The minimum Gasteiger partial charge on any atom is -0.492 e. The van der Waals surface area contributed by atoms with E-state index in [1.54, 1.807) is 4.90 Å². The lowest BCUT2D eigenvalue weighted by Gasteiger charge is -2.45. The van der Waals surface area contributed by atoms with E-state index >= 15 is 0 Å². The van der Waals surface area contributed by atoms with Crippen molar-refractivity contribution < 1.29 is 23.9 Å². The second-order valence-electron chi connectivity index (χ2n) is 12.8. The maximum absolute atomic E-state index is 13.9. The molecule has 2 aromatic carbocycles. The van der Waals surface area contributed by atoms with Crippen LogP contribution in [-0.4, -0.2) is 89.6 Å². The standard InChI is InChI=1S/C33H44N4O5/c1-24(38)34-33-15-18-36(30(39)26-13-10-14-27(21-26)41-20-19-35-16-8-9-17-35)22-28(33)29(25-11-6-5-7-12-25)37(23-33)31(40)42-32(2,3)4/h5-7,10-14,21,28-29H,8-9,15-20,22-23H2,1-4H3,(H,34,38)/t28-,29-,33-/m1/s1. The Morgan fingerprint density at radius 3 is 2.43 bits per heavy atom. The number of ether oxygens (including phenoxy) is 2. The fourth-order valence-corrected chi connectivity index (χ4v) is 6.73. The van der Waals surface area contributed by atoms with Crippen LogP contribution in [0.25, 0.3) is 0 Å². The molecular formula is C33H44N4O5. The quantitative estimate of drug-likeness (QED) is 0.522. The van der Waals surface area contributed by atoms with Gasteiger partial charge < -0.3 is 19.7 Å². The van der Waals surface area contributed by atoms with E-state index in [2.05, 4.69) is 10.2 Å². The van der Waals surface area contributed by atoms with Crippen LogP contribution in [0.5, 0.6) is 5.75 Å². The summed E-state index contributed by atoms with van der Waals surface area (Å²) in [5.74, 6) is 0.216. The van der Waals surface area contributed by atoms with E-state index in [9.17, 15) is 14.4 Å². The third kappa shape index (κ3) is 6.72. The van der Waals surface area contributed by atoms with Gasteiger partial charge in [0.05, 0.1) is 11.6 Å². The number of rotatable bonds is 7. The Balaban J connectivity index is 1.38. The predicted molar refractivity (Wildman–Crippen MR) is 160 cm³/mol. The summed E-state index contributed by atoms with van der Waals surface area (Å²) in [4.78, 5) is 45.9. The molecule has 3 saturated heterocycles. The van der Waals surface area contributed by atoms with E-state index in [1.807, 2.05) is 80.3 Å². The van der Waals surface area contributed by atoms with Crippen LogP contribution >= 0.6 is 0 Å². The minimum atomic E-state index is -0.680. The molecule has 3 amide bonds. The number of hydrogen-bond acceptors (Lipinski definition) is 6. The molecule has 3 fully saturated rings. The molecule has 0 aromatic heterocycles. The first-order valence-electron chi connectivity index (χ1n) is 15.1. The third-order valence-corrected chi connectivity index (χ3v) is 8.56. The van der Waals surface area contributed by atoms with E-state index in [0.29, 0.717) is 44.0 Å². The highest BCUT2D eigenvalue weighted by molar-refractivity contribution is 5.94. The molecule has 0 radical (unpaired) electrons. The highest BCUT2D eigenvalue weighted by Crippen LogP contribution is 2.48. The summed E-state index contributed by atoms with van der Waals surface area (Å²) in [6.07, 6.45) is 2.58. The van der Waals surface area contributed by atoms with Crippen LogP contribution in [0.15, 0.2) is 54.6 Å². The Morgan fingerprint density at radius 1 is 1.00 bits per heavy atom. The first-order valence-corrected chi connectivity index (χ1v) is 15.1. The monoisotopic (exact) mass is 576 g/mol. The molecule has 9 heteroatoms. The summed E-state index contributed by atoms with van der Waals surface area (Å²) in [6.45, 7) is 11.9. The Labute approximate surface area is 249 Å². The Hall–Kier alpha value is -3.59. The average Bonchev–Trinajstić information content (AvgIpc) is 3.58. The lowest BCUT2D eigenvalue weighted by atomic mass is 9.75. The topological polar surface area (TPSA) is 91.4 Å². The molecule has 0 unspecified atom stereocenters. The Bertz CT molecular complexity index is 1270. The van der Waals surface area contributed by atoms with Gasteiger partial charge in [0, 0.05) is 44.6 Å². The van der Waals surface area contributed by atoms with Crippen molar-refractivity contribution >= 4 is 17.9 Å². The zero-order valence-corrected chi connectivity index (χ0v) is 25.3. The van der Waals surface area contributed by atoms with E-state index < -0.39 is 17.2 Å². The molecule has 0 aliphatic carbocycles. The van der Waals surface area contributed by atoms with Gasteiger partial charge in [0.2, 0.25) is 5.91 Å². The maximum atomic E-state index is 13.9. The van der Waals surface area contributed by atoms with Gasteiger partial charge in [-0.15, -0.1) is 0 Å². The highest BCUT2D eigenvalue weighted by atomic mass is 16.6. The molecule has 1 N–H and O–H groups in total.